The number of hydrogen-bond acceptors (Lipinski definition) is 4. The number of carbonyl (C=O) groups is 1. The van der Waals surface area contributed by atoms with Gasteiger partial charge >= 0.3 is 0 Å². The van der Waals surface area contributed by atoms with Crippen molar-refractivity contribution in [1.82, 2.24) is 4.98 Å². The van der Waals surface area contributed by atoms with E-state index in [4.69, 9.17) is 0 Å². The minimum absolute atomic E-state index is 0.148. The molecule has 3 aromatic rings. The standard InChI is InChI=1S/C16H12BrN3O3/c17-10-6-7-12-11(8-10)13(15(22)18-12)19-20-16(23)14(21)9-4-2-1-3-5-9/h1-8,14,18,21-22H/t14-/m0/s1. The van der Waals surface area contributed by atoms with E-state index < -0.39 is 12.0 Å². The van der Waals surface area contributed by atoms with Gasteiger partial charge in [0.15, 0.2) is 11.8 Å². The van der Waals surface area contributed by atoms with Crippen molar-refractivity contribution < 1.29 is 15.0 Å². The first kappa shape index (κ1) is 15.4. The van der Waals surface area contributed by atoms with Crippen molar-refractivity contribution in [1.29, 1.82) is 0 Å². The Hall–Kier alpha value is -2.51. The maximum atomic E-state index is 11.9. The zero-order valence-electron chi connectivity index (χ0n) is 11.8. The number of aromatic amines is 1. The first-order chi connectivity index (χ1) is 11.1. The van der Waals surface area contributed by atoms with Crippen molar-refractivity contribution in [2.75, 3.05) is 0 Å². The number of azo groups is 1. The van der Waals surface area contributed by atoms with E-state index in [1.54, 1.807) is 42.5 Å². The molecular weight excluding hydrogens is 362 g/mol. The Morgan fingerprint density at radius 1 is 1.17 bits per heavy atom. The van der Waals surface area contributed by atoms with Gasteiger partial charge in [-0.15, -0.1) is 10.2 Å². The highest BCUT2D eigenvalue weighted by Gasteiger charge is 2.17. The number of aromatic nitrogens is 1. The van der Waals surface area contributed by atoms with E-state index in [-0.39, 0.29) is 11.6 Å². The molecule has 0 unspecified atom stereocenters. The Bertz CT molecular complexity index is 890. The summed E-state index contributed by atoms with van der Waals surface area (Å²) >= 11 is 3.33. The molecule has 0 saturated heterocycles. The molecule has 1 atom stereocenters. The molecule has 1 amide bonds. The summed E-state index contributed by atoms with van der Waals surface area (Å²) in [5.41, 5.74) is 1.24. The van der Waals surface area contributed by atoms with E-state index in [0.717, 1.165) is 4.47 Å². The van der Waals surface area contributed by atoms with E-state index in [1.807, 2.05) is 6.07 Å². The minimum Gasteiger partial charge on any atom is -0.493 e. The highest BCUT2D eigenvalue weighted by Crippen LogP contribution is 2.37. The van der Waals surface area contributed by atoms with Gasteiger partial charge in [0.1, 0.15) is 0 Å². The van der Waals surface area contributed by atoms with Crippen molar-refractivity contribution in [2.24, 2.45) is 10.2 Å². The molecule has 6 nitrogen and oxygen atoms in total. The van der Waals surface area contributed by atoms with E-state index in [2.05, 4.69) is 31.1 Å². The Balaban J connectivity index is 1.89. The van der Waals surface area contributed by atoms with Gasteiger partial charge in [0.05, 0.1) is 5.52 Å². The lowest BCUT2D eigenvalue weighted by Gasteiger charge is -2.04. The minimum atomic E-state index is -1.39. The molecule has 0 fully saturated rings. The van der Waals surface area contributed by atoms with Gasteiger partial charge in [0.2, 0.25) is 5.88 Å². The van der Waals surface area contributed by atoms with Crippen LogP contribution in [0.2, 0.25) is 0 Å². The number of halogens is 1. The van der Waals surface area contributed by atoms with Gasteiger partial charge in [0.25, 0.3) is 5.91 Å². The van der Waals surface area contributed by atoms with Crippen molar-refractivity contribution in [3.05, 3.63) is 58.6 Å². The highest BCUT2D eigenvalue weighted by atomic mass is 79.9. The SMILES string of the molecule is O=C(N=Nc1c(O)[nH]c2ccc(Br)cc12)[C@@H](O)c1ccccc1. The van der Waals surface area contributed by atoms with Crippen LogP contribution >= 0.6 is 15.9 Å². The van der Waals surface area contributed by atoms with Gasteiger partial charge in [-0.25, -0.2) is 0 Å². The Kier molecular flexibility index (Phi) is 4.22. The van der Waals surface area contributed by atoms with Gasteiger partial charge in [-0.3, -0.25) is 4.79 Å². The molecule has 1 heterocycles. The lowest BCUT2D eigenvalue weighted by atomic mass is 10.1. The third kappa shape index (κ3) is 3.15. The van der Waals surface area contributed by atoms with E-state index in [9.17, 15) is 15.0 Å². The highest BCUT2D eigenvalue weighted by molar-refractivity contribution is 9.10. The number of amides is 1. The average molecular weight is 374 g/mol. The predicted molar refractivity (Wildman–Crippen MR) is 88.6 cm³/mol. The first-order valence-corrected chi connectivity index (χ1v) is 7.54. The monoisotopic (exact) mass is 373 g/mol. The van der Waals surface area contributed by atoms with Crippen LogP contribution < -0.4 is 0 Å². The second-order valence-electron chi connectivity index (χ2n) is 4.86. The fraction of sp³-hybridized carbons (Fsp3) is 0.0625. The van der Waals surface area contributed by atoms with Gasteiger partial charge in [0, 0.05) is 9.86 Å². The maximum absolute atomic E-state index is 11.9. The number of nitrogens with one attached hydrogen (secondary N) is 1. The predicted octanol–water partition coefficient (Wildman–Crippen LogP) is 3.98. The molecule has 0 aliphatic heterocycles. The fourth-order valence-electron chi connectivity index (χ4n) is 2.17. The van der Waals surface area contributed by atoms with Gasteiger partial charge in [-0.1, -0.05) is 46.3 Å². The normalized spacial score (nSPS) is 12.8. The van der Waals surface area contributed by atoms with Crippen LogP contribution in [0.3, 0.4) is 0 Å². The Morgan fingerprint density at radius 2 is 1.91 bits per heavy atom. The smallest absolute Gasteiger partial charge is 0.297 e. The van der Waals surface area contributed by atoms with Crippen molar-refractivity contribution in [3.8, 4) is 5.88 Å². The molecule has 0 spiro atoms. The van der Waals surface area contributed by atoms with Crippen molar-refractivity contribution in [2.45, 2.75) is 6.10 Å². The molecular formula is C16H12BrN3O3. The summed E-state index contributed by atoms with van der Waals surface area (Å²) in [6.07, 6.45) is -1.39. The number of aliphatic hydroxyl groups excluding tert-OH is 1. The fourth-order valence-corrected chi connectivity index (χ4v) is 2.53. The van der Waals surface area contributed by atoms with Crippen LogP contribution in [0.15, 0.2) is 63.2 Å². The van der Waals surface area contributed by atoms with Crippen molar-refractivity contribution in [3.63, 3.8) is 0 Å². The lowest BCUT2D eigenvalue weighted by Crippen LogP contribution is -2.08. The quantitative estimate of drug-likeness (QED) is 0.605. The summed E-state index contributed by atoms with van der Waals surface area (Å²) in [7, 11) is 0. The summed E-state index contributed by atoms with van der Waals surface area (Å²) in [6, 6.07) is 13.8. The molecule has 1 aromatic heterocycles. The number of carbonyl (C=O) groups excluding carboxylic acids is 1. The third-order valence-corrected chi connectivity index (χ3v) is 3.81. The third-order valence-electron chi connectivity index (χ3n) is 3.31. The average Bonchev–Trinajstić information content (AvgIpc) is 2.87. The largest absolute Gasteiger partial charge is 0.493 e. The van der Waals surface area contributed by atoms with E-state index in [1.165, 1.54) is 0 Å². The molecule has 3 rings (SSSR count). The van der Waals surface area contributed by atoms with Crippen LogP contribution in [0.1, 0.15) is 11.7 Å². The number of benzene rings is 2. The molecule has 116 valence electrons. The van der Waals surface area contributed by atoms with Crippen LogP contribution in [0.5, 0.6) is 5.88 Å². The second kappa shape index (κ2) is 6.31. The summed E-state index contributed by atoms with van der Waals surface area (Å²) in [5, 5.41) is 27.8. The zero-order chi connectivity index (χ0) is 16.4. The maximum Gasteiger partial charge on any atom is 0.297 e. The molecule has 0 radical (unpaired) electrons. The Labute approximate surface area is 139 Å². The Morgan fingerprint density at radius 3 is 2.65 bits per heavy atom. The summed E-state index contributed by atoms with van der Waals surface area (Å²) in [5.74, 6) is -0.996. The zero-order valence-corrected chi connectivity index (χ0v) is 13.4. The van der Waals surface area contributed by atoms with Crippen LogP contribution in [0, 0.1) is 0 Å². The first-order valence-electron chi connectivity index (χ1n) is 6.75. The van der Waals surface area contributed by atoms with Crippen LogP contribution in [-0.4, -0.2) is 21.1 Å². The molecule has 0 saturated carbocycles. The summed E-state index contributed by atoms with van der Waals surface area (Å²) < 4.78 is 0.802. The number of H-pyrrole nitrogens is 1. The topological polar surface area (TPSA) is 98.0 Å². The van der Waals surface area contributed by atoms with E-state index in [0.29, 0.717) is 16.5 Å². The number of nitrogens with zero attached hydrogens (tertiary/aromatic N) is 2. The van der Waals surface area contributed by atoms with Gasteiger partial charge in [-0.05, 0) is 23.8 Å². The molecule has 0 bridgehead atoms. The number of aromatic hydroxyl groups is 1. The van der Waals surface area contributed by atoms with Crippen molar-refractivity contribution >= 4 is 38.4 Å². The van der Waals surface area contributed by atoms with Crippen LogP contribution in [0.25, 0.3) is 10.9 Å². The molecule has 23 heavy (non-hydrogen) atoms. The molecule has 2 aromatic carbocycles. The van der Waals surface area contributed by atoms with Gasteiger partial charge in [-0.2, -0.15) is 0 Å². The van der Waals surface area contributed by atoms with Crippen LogP contribution in [0.4, 0.5) is 5.69 Å². The summed E-state index contributed by atoms with van der Waals surface area (Å²) in [4.78, 5) is 14.7. The molecule has 7 heteroatoms. The molecule has 0 aliphatic rings. The van der Waals surface area contributed by atoms with Gasteiger partial charge < -0.3 is 15.2 Å². The van der Waals surface area contributed by atoms with E-state index >= 15 is 0 Å². The molecule has 0 aliphatic carbocycles. The number of hydrogen-bond donors (Lipinski definition) is 3. The van der Waals surface area contributed by atoms with Crippen LogP contribution in [-0.2, 0) is 4.79 Å². The number of rotatable bonds is 3. The molecule has 3 N–H and O–H groups in total. The number of fused-ring (bicyclic) bond motifs is 1. The lowest BCUT2D eigenvalue weighted by molar-refractivity contribution is -0.126. The number of aliphatic hydroxyl groups is 1. The second-order valence-corrected chi connectivity index (χ2v) is 5.78. The summed E-state index contributed by atoms with van der Waals surface area (Å²) in [6.45, 7) is 0.